The Morgan fingerprint density at radius 3 is 2.47 bits per heavy atom. The highest BCUT2D eigenvalue weighted by Gasteiger charge is 2.20. The van der Waals surface area contributed by atoms with Crippen molar-refractivity contribution in [1.29, 1.82) is 0 Å². The molecule has 0 aliphatic heterocycles. The van der Waals surface area contributed by atoms with Gasteiger partial charge in [0.2, 0.25) is 5.88 Å². The second kappa shape index (κ2) is 11.0. The van der Waals surface area contributed by atoms with Crippen LogP contribution in [0.5, 0.6) is 11.6 Å². The molecule has 0 spiro atoms. The topological polar surface area (TPSA) is 118 Å². The predicted octanol–water partition coefficient (Wildman–Crippen LogP) is 4.38. The highest BCUT2D eigenvalue weighted by molar-refractivity contribution is 5.97. The summed E-state index contributed by atoms with van der Waals surface area (Å²) in [4.78, 5) is 48.6. The third kappa shape index (κ3) is 5.37. The molecule has 0 unspecified atom stereocenters. The predicted molar refractivity (Wildman–Crippen MR) is 156 cm³/mol. The molecular formula is C31H26FN7O4. The molecule has 0 N–H and O–H groups in total. The molecule has 6 aromatic rings. The van der Waals surface area contributed by atoms with Gasteiger partial charge < -0.3 is 9.30 Å². The van der Waals surface area contributed by atoms with E-state index in [4.69, 9.17) is 4.74 Å². The van der Waals surface area contributed by atoms with Crippen molar-refractivity contribution in [3.8, 4) is 28.6 Å². The molecule has 6 rings (SSSR count). The van der Waals surface area contributed by atoms with Crippen LogP contribution in [0.25, 0.3) is 22.5 Å². The van der Waals surface area contributed by atoms with E-state index in [2.05, 4.69) is 15.1 Å². The van der Waals surface area contributed by atoms with Crippen molar-refractivity contribution in [2.45, 2.75) is 26.3 Å². The van der Waals surface area contributed by atoms with Crippen LogP contribution in [-0.2, 0) is 13.5 Å². The zero-order chi connectivity index (χ0) is 30.2. The summed E-state index contributed by atoms with van der Waals surface area (Å²) in [6, 6.07) is 11.6. The lowest BCUT2D eigenvalue weighted by Crippen LogP contribution is -2.42. The van der Waals surface area contributed by atoms with Crippen LogP contribution in [0.4, 0.5) is 4.39 Å². The minimum absolute atomic E-state index is 0.135. The van der Waals surface area contributed by atoms with Crippen LogP contribution in [-0.4, -0.2) is 39.1 Å². The summed E-state index contributed by atoms with van der Waals surface area (Å²) < 4.78 is 25.3. The van der Waals surface area contributed by atoms with Gasteiger partial charge in [0, 0.05) is 55.9 Å². The van der Waals surface area contributed by atoms with Crippen molar-refractivity contribution >= 4 is 11.3 Å². The van der Waals surface area contributed by atoms with Gasteiger partial charge in [-0.2, -0.15) is 5.10 Å². The number of aromatic nitrogens is 7. The first-order valence-electron chi connectivity index (χ1n) is 13.4. The monoisotopic (exact) mass is 579 g/mol. The van der Waals surface area contributed by atoms with Gasteiger partial charge in [0.15, 0.2) is 11.5 Å². The van der Waals surface area contributed by atoms with E-state index in [1.54, 1.807) is 43.0 Å². The number of pyridine rings is 2. The van der Waals surface area contributed by atoms with Crippen LogP contribution < -0.4 is 16.0 Å². The first-order chi connectivity index (χ1) is 20.7. The minimum Gasteiger partial charge on any atom is -0.437 e. The average molecular weight is 580 g/mol. The number of hydrogen-bond acceptors (Lipinski definition) is 7. The molecule has 0 radical (unpaired) electrons. The lowest BCUT2D eigenvalue weighted by atomic mass is 10.1. The van der Waals surface area contributed by atoms with Crippen LogP contribution in [0.15, 0.2) is 95.4 Å². The number of imidazole rings is 1. The maximum absolute atomic E-state index is 13.5. The minimum atomic E-state index is -0.774. The third-order valence-corrected chi connectivity index (χ3v) is 6.90. The highest BCUT2D eigenvalue weighted by atomic mass is 19.1. The quantitative estimate of drug-likeness (QED) is 0.246. The standard InChI is InChI=1S/C31H26FN7O4/c1-19(2)37-16-24(30(41)39(31(37)42)23-7-5-22(32)6-8-23)27(40)12-20-4-9-29(33-14-20)43-28-13-21(25-17-36(3)18-34-25)15-38-26(28)10-11-35-38/h4-11,13-19H,12H2,1-3H3. The molecule has 5 heterocycles. The van der Waals surface area contributed by atoms with Gasteiger partial charge in [-0.25, -0.2) is 28.2 Å². The summed E-state index contributed by atoms with van der Waals surface area (Å²) in [5.41, 5.74) is 1.46. The Morgan fingerprint density at radius 1 is 1.00 bits per heavy atom. The summed E-state index contributed by atoms with van der Waals surface area (Å²) in [6.45, 7) is 3.53. The molecule has 0 amide bonds. The van der Waals surface area contributed by atoms with Crippen molar-refractivity contribution in [3.05, 3.63) is 124 Å². The molecular weight excluding hydrogens is 553 g/mol. The van der Waals surface area contributed by atoms with Crippen molar-refractivity contribution in [2.24, 2.45) is 7.05 Å². The van der Waals surface area contributed by atoms with Crippen molar-refractivity contribution < 1.29 is 13.9 Å². The summed E-state index contributed by atoms with van der Waals surface area (Å²) in [5.74, 6) is -0.183. The molecule has 43 heavy (non-hydrogen) atoms. The third-order valence-electron chi connectivity index (χ3n) is 6.90. The fourth-order valence-electron chi connectivity index (χ4n) is 4.70. The molecule has 216 valence electrons. The van der Waals surface area contributed by atoms with Crippen molar-refractivity contribution in [1.82, 2.24) is 33.3 Å². The van der Waals surface area contributed by atoms with Gasteiger partial charge in [-0.15, -0.1) is 0 Å². The Labute approximate surface area is 244 Å². The summed E-state index contributed by atoms with van der Waals surface area (Å²) in [5, 5.41) is 4.33. The van der Waals surface area contributed by atoms with Crippen LogP contribution in [0.2, 0.25) is 0 Å². The molecule has 5 aromatic heterocycles. The Morgan fingerprint density at radius 2 is 1.79 bits per heavy atom. The number of Topliss-reactive ketones (excluding diaryl/α,β-unsaturated/α-hetero) is 1. The summed E-state index contributed by atoms with van der Waals surface area (Å²) in [6.07, 6.45) is 9.77. The van der Waals surface area contributed by atoms with Gasteiger partial charge in [0.25, 0.3) is 5.56 Å². The smallest absolute Gasteiger partial charge is 0.335 e. The Kier molecular flexibility index (Phi) is 7.02. The lowest BCUT2D eigenvalue weighted by Gasteiger charge is -2.15. The van der Waals surface area contributed by atoms with Crippen LogP contribution >= 0.6 is 0 Å². The maximum atomic E-state index is 13.5. The fraction of sp³-hybridized carbons (Fsp3) is 0.161. The van der Waals surface area contributed by atoms with Gasteiger partial charge in [-0.3, -0.25) is 14.2 Å². The van der Waals surface area contributed by atoms with Gasteiger partial charge in [-0.05, 0) is 55.8 Å². The number of carbonyl (C=O) groups is 1. The van der Waals surface area contributed by atoms with Crippen molar-refractivity contribution in [3.63, 3.8) is 0 Å². The lowest BCUT2D eigenvalue weighted by molar-refractivity contribution is 0.0990. The van der Waals surface area contributed by atoms with E-state index in [1.165, 1.54) is 29.1 Å². The molecule has 0 aliphatic rings. The Balaban J connectivity index is 1.27. The molecule has 0 fully saturated rings. The number of aryl methyl sites for hydroxylation is 1. The largest absolute Gasteiger partial charge is 0.437 e. The Hall–Kier alpha value is -5.65. The number of carbonyl (C=O) groups excluding carboxylic acids is 1. The van der Waals surface area contributed by atoms with E-state index in [0.29, 0.717) is 17.2 Å². The zero-order valence-corrected chi connectivity index (χ0v) is 23.5. The normalized spacial score (nSPS) is 11.4. The van der Waals surface area contributed by atoms with Crippen LogP contribution in [0, 0.1) is 5.82 Å². The van der Waals surface area contributed by atoms with E-state index in [1.807, 2.05) is 36.1 Å². The van der Waals surface area contributed by atoms with E-state index < -0.39 is 22.8 Å². The van der Waals surface area contributed by atoms with E-state index >= 15 is 0 Å². The number of ether oxygens (including phenoxy) is 1. The van der Waals surface area contributed by atoms with E-state index in [9.17, 15) is 18.8 Å². The molecule has 1 aromatic carbocycles. The van der Waals surface area contributed by atoms with Gasteiger partial charge in [0.1, 0.15) is 16.9 Å². The number of rotatable bonds is 8. The molecule has 0 saturated heterocycles. The SMILES string of the molecule is CC(C)n1cc(C(=O)Cc2ccc(Oc3cc(-c4cn(C)cn4)cn4nccc34)nc2)c(=O)n(-c2ccc(F)cc2)c1=O. The number of ketones is 1. The number of nitrogens with zero attached hydrogens (tertiary/aromatic N) is 7. The highest BCUT2D eigenvalue weighted by Crippen LogP contribution is 2.30. The molecule has 0 saturated carbocycles. The molecule has 11 nitrogen and oxygen atoms in total. The van der Waals surface area contributed by atoms with Gasteiger partial charge in [-0.1, -0.05) is 6.07 Å². The average Bonchev–Trinajstić information content (AvgIpc) is 3.64. The Bertz CT molecular complexity index is 2090. The first kappa shape index (κ1) is 27.5. The number of halogens is 1. The summed E-state index contributed by atoms with van der Waals surface area (Å²) >= 11 is 0. The fourth-order valence-corrected chi connectivity index (χ4v) is 4.70. The molecule has 0 atom stereocenters. The van der Waals surface area contributed by atoms with Gasteiger partial charge >= 0.3 is 5.69 Å². The maximum Gasteiger partial charge on any atom is 0.335 e. The van der Waals surface area contributed by atoms with Crippen molar-refractivity contribution in [2.75, 3.05) is 0 Å². The number of benzene rings is 1. The van der Waals surface area contributed by atoms with Gasteiger partial charge in [0.05, 0.1) is 23.9 Å². The van der Waals surface area contributed by atoms with Crippen LogP contribution in [0.3, 0.4) is 0 Å². The van der Waals surface area contributed by atoms with E-state index in [0.717, 1.165) is 33.5 Å². The number of hydrogen-bond donors (Lipinski definition) is 0. The van der Waals surface area contributed by atoms with Crippen LogP contribution in [0.1, 0.15) is 35.8 Å². The molecule has 0 aliphatic carbocycles. The number of fused-ring (bicyclic) bond motifs is 1. The van der Waals surface area contributed by atoms with E-state index in [-0.39, 0.29) is 23.7 Å². The summed E-state index contributed by atoms with van der Waals surface area (Å²) in [7, 11) is 1.89. The second-order valence-electron chi connectivity index (χ2n) is 10.3. The molecule has 0 bridgehead atoms. The second-order valence-corrected chi connectivity index (χ2v) is 10.3. The first-order valence-corrected chi connectivity index (χ1v) is 13.4. The zero-order valence-electron chi connectivity index (χ0n) is 23.5. The molecule has 12 heteroatoms.